The van der Waals surface area contributed by atoms with Gasteiger partial charge in [0, 0.05) is 5.56 Å². The van der Waals surface area contributed by atoms with Crippen molar-refractivity contribution in [3.8, 4) is 0 Å². The molecule has 0 aliphatic heterocycles. The average Bonchev–Trinajstić information content (AvgIpc) is 2.64. The number of amides is 1. The lowest BCUT2D eigenvalue weighted by atomic mass is 10.2. The Bertz CT molecular complexity index is 590. The number of carbonyl (C=O) groups excluding carboxylic acids is 1. The van der Waals surface area contributed by atoms with E-state index in [1.54, 1.807) is 13.8 Å². The van der Waals surface area contributed by atoms with Gasteiger partial charge in [-0.2, -0.15) is 5.10 Å². The van der Waals surface area contributed by atoms with Crippen LogP contribution in [-0.2, 0) is 0 Å². The number of hydrogen-bond acceptors (Lipinski definition) is 2. The van der Waals surface area contributed by atoms with Gasteiger partial charge < -0.3 is 5.32 Å². The number of nitrogens with zero attached hydrogens (tertiary/aromatic N) is 1. The van der Waals surface area contributed by atoms with Crippen molar-refractivity contribution in [1.29, 1.82) is 0 Å². The topological polar surface area (TPSA) is 57.8 Å². The van der Waals surface area contributed by atoms with Gasteiger partial charge in [-0.25, -0.2) is 4.39 Å². The number of H-pyrrole nitrogens is 1. The summed E-state index contributed by atoms with van der Waals surface area (Å²) in [5, 5.41) is 9.36. The summed E-state index contributed by atoms with van der Waals surface area (Å²) in [6.07, 6.45) is 0. The van der Waals surface area contributed by atoms with Crippen LogP contribution in [0.3, 0.4) is 0 Å². The molecule has 0 saturated carbocycles. The predicted octanol–water partition coefficient (Wildman–Crippen LogP) is 3.07. The maximum Gasteiger partial charge on any atom is 0.255 e. The number of nitrogens with one attached hydrogen (secondary N) is 2. The van der Waals surface area contributed by atoms with Crippen LogP contribution in [-0.4, -0.2) is 16.1 Å². The monoisotopic (exact) mass is 267 g/mol. The molecule has 94 valence electrons. The number of rotatable bonds is 2. The molecule has 1 aromatic heterocycles. The number of benzene rings is 1. The Labute approximate surface area is 108 Å². The molecule has 2 rings (SSSR count). The van der Waals surface area contributed by atoms with Crippen molar-refractivity contribution < 1.29 is 9.18 Å². The SMILES string of the molecule is Cc1n[nH]c(C)c1NC(=O)c1ccc(F)c(Cl)c1. The maximum absolute atomic E-state index is 13.0. The molecule has 0 unspecified atom stereocenters. The molecule has 0 aliphatic rings. The van der Waals surface area contributed by atoms with Gasteiger partial charge in [0.05, 0.1) is 22.1 Å². The van der Waals surface area contributed by atoms with Gasteiger partial charge in [-0.3, -0.25) is 9.89 Å². The number of aromatic nitrogens is 2. The molecule has 0 atom stereocenters. The standard InChI is InChI=1S/C12H11ClFN3O/c1-6-11(7(2)17-16-6)15-12(18)8-3-4-10(14)9(13)5-8/h3-5H,1-2H3,(H,15,18)(H,16,17). The predicted molar refractivity (Wildman–Crippen MR) is 67.4 cm³/mol. The Morgan fingerprint density at radius 1 is 1.44 bits per heavy atom. The molecule has 2 aromatic rings. The first-order valence-electron chi connectivity index (χ1n) is 5.27. The van der Waals surface area contributed by atoms with Crippen molar-refractivity contribution in [2.75, 3.05) is 5.32 Å². The molecule has 0 radical (unpaired) electrons. The third kappa shape index (κ3) is 2.36. The highest BCUT2D eigenvalue weighted by molar-refractivity contribution is 6.31. The second kappa shape index (κ2) is 4.78. The molecule has 0 fully saturated rings. The summed E-state index contributed by atoms with van der Waals surface area (Å²) in [4.78, 5) is 11.9. The van der Waals surface area contributed by atoms with Crippen molar-refractivity contribution in [1.82, 2.24) is 10.2 Å². The van der Waals surface area contributed by atoms with Crippen LogP contribution in [0.2, 0.25) is 5.02 Å². The van der Waals surface area contributed by atoms with E-state index in [1.807, 2.05) is 0 Å². The van der Waals surface area contributed by atoms with Gasteiger partial charge >= 0.3 is 0 Å². The van der Waals surface area contributed by atoms with Crippen molar-refractivity contribution in [2.24, 2.45) is 0 Å². The van der Waals surface area contributed by atoms with Gasteiger partial charge in [0.2, 0.25) is 0 Å². The van der Waals surface area contributed by atoms with E-state index in [0.717, 1.165) is 11.8 Å². The average molecular weight is 268 g/mol. The lowest BCUT2D eigenvalue weighted by Crippen LogP contribution is -2.13. The minimum absolute atomic E-state index is 0.0803. The van der Waals surface area contributed by atoms with Gasteiger partial charge in [-0.05, 0) is 32.0 Å². The van der Waals surface area contributed by atoms with E-state index in [2.05, 4.69) is 15.5 Å². The maximum atomic E-state index is 13.0. The van der Waals surface area contributed by atoms with E-state index in [9.17, 15) is 9.18 Å². The fourth-order valence-corrected chi connectivity index (χ4v) is 1.74. The summed E-state index contributed by atoms with van der Waals surface area (Å²) in [5.74, 6) is -0.909. The lowest BCUT2D eigenvalue weighted by Gasteiger charge is -2.05. The largest absolute Gasteiger partial charge is 0.319 e. The molecular formula is C12H11ClFN3O. The van der Waals surface area contributed by atoms with Crippen LogP contribution in [0.5, 0.6) is 0 Å². The van der Waals surface area contributed by atoms with Crippen molar-refractivity contribution in [2.45, 2.75) is 13.8 Å². The van der Waals surface area contributed by atoms with E-state index >= 15 is 0 Å². The molecular weight excluding hydrogens is 257 g/mol. The molecule has 1 aromatic carbocycles. The Morgan fingerprint density at radius 3 is 2.72 bits per heavy atom. The molecule has 6 heteroatoms. The highest BCUT2D eigenvalue weighted by atomic mass is 35.5. The fourth-order valence-electron chi connectivity index (χ4n) is 1.56. The van der Waals surface area contributed by atoms with E-state index in [1.165, 1.54) is 12.1 Å². The number of halogens is 2. The van der Waals surface area contributed by atoms with Crippen molar-refractivity contribution in [3.63, 3.8) is 0 Å². The zero-order valence-electron chi connectivity index (χ0n) is 9.84. The van der Waals surface area contributed by atoms with E-state index in [4.69, 9.17) is 11.6 Å². The fraction of sp³-hybridized carbons (Fsp3) is 0.167. The van der Waals surface area contributed by atoms with Crippen LogP contribution >= 0.6 is 11.6 Å². The van der Waals surface area contributed by atoms with Crippen LogP contribution in [0.4, 0.5) is 10.1 Å². The Morgan fingerprint density at radius 2 is 2.17 bits per heavy atom. The van der Waals surface area contributed by atoms with E-state index < -0.39 is 5.82 Å². The quantitative estimate of drug-likeness (QED) is 0.878. The molecule has 0 aliphatic carbocycles. The summed E-state index contributed by atoms with van der Waals surface area (Å²) in [5.41, 5.74) is 2.37. The zero-order chi connectivity index (χ0) is 13.3. The smallest absolute Gasteiger partial charge is 0.255 e. The van der Waals surface area contributed by atoms with E-state index in [0.29, 0.717) is 16.9 Å². The Balaban J connectivity index is 2.25. The first kappa shape index (κ1) is 12.6. The second-order valence-corrected chi connectivity index (χ2v) is 4.30. The molecule has 0 saturated heterocycles. The number of aryl methyl sites for hydroxylation is 2. The van der Waals surface area contributed by atoms with Crippen LogP contribution in [0.15, 0.2) is 18.2 Å². The number of aromatic amines is 1. The molecule has 4 nitrogen and oxygen atoms in total. The van der Waals surface area contributed by atoms with Crippen molar-refractivity contribution in [3.05, 3.63) is 46.0 Å². The Kier molecular flexibility index (Phi) is 3.34. The van der Waals surface area contributed by atoms with Crippen LogP contribution in [0.25, 0.3) is 0 Å². The van der Waals surface area contributed by atoms with Crippen molar-refractivity contribution >= 4 is 23.2 Å². The van der Waals surface area contributed by atoms with Gasteiger partial charge in [0.15, 0.2) is 0 Å². The number of anilines is 1. The van der Waals surface area contributed by atoms with Gasteiger partial charge in [0.1, 0.15) is 5.82 Å². The summed E-state index contributed by atoms with van der Waals surface area (Å²) in [7, 11) is 0. The number of carbonyl (C=O) groups is 1. The first-order valence-corrected chi connectivity index (χ1v) is 5.65. The van der Waals surface area contributed by atoms with E-state index in [-0.39, 0.29) is 10.9 Å². The summed E-state index contributed by atoms with van der Waals surface area (Å²) < 4.78 is 13.0. The molecule has 0 spiro atoms. The minimum atomic E-state index is -0.552. The molecule has 0 bridgehead atoms. The second-order valence-electron chi connectivity index (χ2n) is 3.89. The highest BCUT2D eigenvalue weighted by Crippen LogP contribution is 2.20. The summed E-state index contributed by atoms with van der Waals surface area (Å²) >= 11 is 5.63. The summed E-state index contributed by atoms with van der Waals surface area (Å²) in [6.45, 7) is 3.57. The molecule has 18 heavy (non-hydrogen) atoms. The van der Waals surface area contributed by atoms with Gasteiger partial charge in [-0.15, -0.1) is 0 Å². The van der Waals surface area contributed by atoms with Gasteiger partial charge in [0.25, 0.3) is 5.91 Å². The van der Waals surface area contributed by atoms with Crippen LogP contribution < -0.4 is 5.32 Å². The normalized spacial score (nSPS) is 10.4. The van der Waals surface area contributed by atoms with Crippen LogP contribution in [0, 0.1) is 19.7 Å². The Hall–Kier alpha value is -1.88. The number of hydrogen-bond donors (Lipinski definition) is 2. The molecule has 2 N–H and O–H groups in total. The van der Waals surface area contributed by atoms with Crippen LogP contribution in [0.1, 0.15) is 21.7 Å². The third-order valence-corrected chi connectivity index (χ3v) is 2.84. The third-order valence-electron chi connectivity index (χ3n) is 2.55. The highest BCUT2D eigenvalue weighted by Gasteiger charge is 2.13. The molecule has 1 heterocycles. The first-order chi connectivity index (χ1) is 8.49. The lowest BCUT2D eigenvalue weighted by molar-refractivity contribution is 0.102. The molecule has 1 amide bonds. The van der Waals surface area contributed by atoms with Gasteiger partial charge in [-0.1, -0.05) is 11.6 Å². The minimum Gasteiger partial charge on any atom is -0.319 e. The zero-order valence-corrected chi connectivity index (χ0v) is 10.6. The summed E-state index contributed by atoms with van der Waals surface area (Å²) in [6, 6.07) is 3.82.